The zero-order chi connectivity index (χ0) is 10.7. The molecule has 2 N–H and O–H groups in total. The van der Waals surface area contributed by atoms with Gasteiger partial charge in [0.25, 0.3) is 0 Å². The maximum atomic E-state index is 10.4. The van der Waals surface area contributed by atoms with Crippen LogP contribution in [0.1, 0.15) is 49.9 Å². The Morgan fingerprint density at radius 3 is 1.25 bits per heavy atom. The van der Waals surface area contributed by atoms with Gasteiger partial charge in [0.2, 0.25) is 0 Å². The zero-order valence-corrected chi connectivity index (χ0v) is 9.49. The van der Waals surface area contributed by atoms with Gasteiger partial charge in [-0.1, -0.05) is 27.7 Å². The van der Waals surface area contributed by atoms with Crippen molar-refractivity contribution in [1.82, 2.24) is 0 Å². The van der Waals surface area contributed by atoms with Crippen molar-refractivity contribution in [2.24, 2.45) is 5.73 Å². The van der Waals surface area contributed by atoms with Crippen LogP contribution in [0.2, 0.25) is 0 Å². The smallest absolute Gasteiger partial charge is 0.175 e. The maximum Gasteiger partial charge on any atom is 0.175 e. The first kappa shape index (κ1) is 17.3. The number of carbonyl (C=O) groups excluding carboxylic acids is 1. The van der Waals surface area contributed by atoms with Crippen molar-refractivity contribution in [1.29, 1.82) is 0 Å². The van der Waals surface area contributed by atoms with Gasteiger partial charge >= 0.3 is 0 Å². The molecule has 0 radical (unpaired) electrons. The van der Waals surface area contributed by atoms with Gasteiger partial charge in [-0.2, -0.15) is 0 Å². The van der Waals surface area contributed by atoms with E-state index in [1.54, 1.807) is 0 Å². The topological polar surface area (TPSA) is 43.1 Å². The zero-order valence-electron chi connectivity index (χ0n) is 9.49. The highest BCUT2D eigenvalue weighted by Gasteiger charge is 1.96. The summed E-state index contributed by atoms with van der Waals surface area (Å²) in [7, 11) is 0. The van der Waals surface area contributed by atoms with Gasteiger partial charge in [-0.15, -0.1) is 0 Å². The highest BCUT2D eigenvalue weighted by molar-refractivity contribution is 5.92. The van der Waals surface area contributed by atoms with Gasteiger partial charge in [0.15, 0.2) is 5.78 Å². The Morgan fingerprint density at radius 1 is 1.00 bits per heavy atom. The largest absolute Gasteiger partial charge is 0.396 e. The standard InChI is InChI=1S/C6H11NO.2C2H6.H2/c1-4(2)6(7)5(3)8;2*1-2;/h7H2,1-3H3;2*1-2H3;1H. The fourth-order valence-electron chi connectivity index (χ4n) is 0.352. The Hall–Kier alpha value is -0.790. The second kappa shape index (κ2) is 12.8. The minimum absolute atomic E-state index is 0. The van der Waals surface area contributed by atoms with Crippen LogP contribution in [0.4, 0.5) is 0 Å². The van der Waals surface area contributed by atoms with Gasteiger partial charge in [0.05, 0.1) is 5.70 Å². The van der Waals surface area contributed by atoms with E-state index in [4.69, 9.17) is 5.73 Å². The van der Waals surface area contributed by atoms with E-state index < -0.39 is 0 Å². The van der Waals surface area contributed by atoms with Gasteiger partial charge in [-0.05, 0) is 19.4 Å². The highest BCUT2D eigenvalue weighted by Crippen LogP contribution is 1.94. The van der Waals surface area contributed by atoms with Gasteiger partial charge in [0.1, 0.15) is 0 Å². The molecule has 0 saturated heterocycles. The lowest BCUT2D eigenvalue weighted by atomic mass is 10.2. The molecular formula is C10H25NO. The normalized spacial score (nSPS) is 6.58. The van der Waals surface area contributed by atoms with Crippen LogP contribution in [0, 0.1) is 0 Å². The third-order valence-electron chi connectivity index (χ3n) is 0.918. The molecule has 0 atom stereocenters. The van der Waals surface area contributed by atoms with E-state index in [0.29, 0.717) is 5.70 Å². The maximum absolute atomic E-state index is 10.4. The number of rotatable bonds is 1. The number of carbonyl (C=O) groups is 1. The molecule has 0 amide bonds. The predicted molar refractivity (Wildman–Crippen MR) is 58.1 cm³/mol. The lowest BCUT2D eigenvalue weighted by Gasteiger charge is -1.94. The van der Waals surface area contributed by atoms with E-state index in [1.807, 2.05) is 41.5 Å². The molecule has 0 aliphatic rings. The third kappa shape index (κ3) is 11.9. The van der Waals surface area contributed by atoms with Crippen LogP contribution in [0.3, 0.4) is 0 Å². The summed E-state index contributed by atoms with van der Waals surface area (Å²) in [6.07, 6.45) is 0. The van der Waals surface area contributed by atoms with E-state index in [9.17, 15) is 4.79 Å². The van der Waals surface area contributed by atoms with Crippen LogP contribution < -0.4 is 5.73 Å². The van der Waals surface area contributed by atoms with E-state index in [2.05, 4.69) is 0 Å². The Labute approximate surface area is 78.3 Å². The third-order valence-corrected chi connectivity index (χ3v) is 0.918. The molecule has 0 spiro atoms. The van der Waals surface area contributed by atoms with Gasteiger partial charge in [-0.3, -0.25) is 4.79 Å². The van der Waals surface area contributed by atoms with Gasteiger partial charge in [0, 0.05) is 8.35 Å². The molecule has 2 heteroatoms. The van der Waals surface area contributed by atoms with Crippen molar-refractivity contribution >= 4 is 5.78 Å². The van der Waals surface area contributed by atoms with Gasteiger partial charge < -0.3 is 5.73 Å². The summed E-state index contributed by atoms with van der Waals surface area (Å²) in [6, 6.07) is 0. The number of allylic oxidation sites excluding steroid dienone is 2. The molecular weight excluding hydrogens is 150 g/mol. The average molecular weight is 175 g/mol. The van der Waals surface area contributed by atoms with Crippen molar-refractivity contribution in [3.63, 3.8) is 0 Å². The lowest BCUT2D eigenvalue weighted by molar-refractivity contribution is -0.113. The number of ketones is 1. The molecule has 0 aromatic heterocycles. The molecule has 0 aliphatic carbocycles. The summed E-state index contributed by atoms with van der Waals surface area (Å²) in [5.41, 5.74) is 6.56. The lowest BCUT2D eigenvalue weighted by Crippen LogP contribution is -2.08. The van der Waals surface area contributed by atoms with Crippen molar-refractivity contribution < 1.29 is 6.22 Å². The predicted octanol–water partition coefficient (Wildman–Crippen LogP) is 3.13. The Kier molecular flexibility index (Phi) is 18.6. The fraction of sp³-hybridized carbons (Fsp3) is 0.700. The summed E-state index contributed by atoms with van der Waals surface area (Å²) < 4.78 is 0. The summed E-state index contributed by atoms with van der Waals surface area (Å²) in [4.78, 5) is 10.4. The Morgan fingerprint density at radius 2 is 1.25 bits per heavy atom. The van der Waals surface area contributed by atoms with Crippen LogP contribution in [-0.4, -0.2) is 5.78 Å². The van der Waals surface area contributed by atoms with Crippen molar-refractivity contribution in [2.75, 3.05) is 0 Å². The Bertz CT molecular complexity index is 138. The number of nitrogens with two attached hydrogens (primary N) is 1. The van der Waals surface area contributed by atoms with Crippen LogP contribution in [0.25, 0.3) is 0 Å². The molecule has 0 fully saturated rings. The van der Waals surface area contributed by atoms with Gasteiger partial charge in [-0.25, -0.2) is 0 Å². The molecule has 2 nitrogen and oxygen atoms in total. The van der Waals surface area contributed by atoms with Crippen LogP contribution in [0.15, 0.2) is 11.3 Å². The summed E-state index contributed by atoms with van der Waals surface area (Å²) >= 11 is 0. The SMILES string of the molecule is CC.CC.CC(=O)C(N)=C(C)C.[HH]. The molecule has 0 aromatic rings. The van der Waals surface area contributed by atoms with Crippen molar-refractivity contribution in [3.8, 4) is 0 Å². The van der Waals surface area contributed by atoms with Crippen molar-refractivity contribution in [3.05, 3.63) is 11.3 Å². The van der Waals surface area contributed by atoms with E-state index in [-0.39, 0.29) is 7.21 Å². The second-order valence-corrected chi connectivity index (χ2v) is 1.97. The fourth-order valence-corrected chi connectivity index (χ4v) is 0.352. The molecule has 0 rings (SSSR count). The first-order chi connectivity index (χ1) is 5.55. The number of Topliss-reactive ketones (excluding diaryl/α,β-unsaturated/α-hetero) is 1. The summed E-state index contributed by atoms with van der Waals surface area (Å²) in [6.45, 7) is 13.1. The van der Waals surface area contributed by atoms with E-state index in [1.165, 1.54) is 6.92 Å². The number of hydrogen-bond acceptors (Lipinski definition) is 2. The minimum Gasteiger partial charge on any atom is -0.396 e. The molecule has 0 aromatic carbocycles. The van der Waals surface area contributed by atoms with E-state index in [0.717, 1.165) is 5.57 Å². The summed E-state index contributed by atoms with van der Waals surface area (Å²) in [5.74, 6) is -0.0509. The first-order valence-electron chi connectivity index (χ1n) is 4.49. The van der Waals surface area contributed by atoms with Crippen molar-refractivity contribution in [2.45, 2.75) is 48.5 Å². The molecule has 76 valence electrons. The average Bonchev–Trinajstić information content (AvgIpc) is 2.10. The van der Waals surface area contributed by atoms with Crippen LogP contribution in [-0.2, 0) is 4.79 Å². The Balaban J connectivity index is -0.0000000712. The summed E-state index contributed by atoms with van der Waals surface area (Å²) in [5, 5.41) is 0. The molecule has 0 aliphatic heterocycles. The van der Waals surface area contributed by atoms with Crippen LogP contribution in [0.5, 0.6) is 0 Å². The van der Waals surface area contributed by atoms with Crippen LogP contribution >= 0.6 is 0 Å². The monoisotopic (exact) mass is 175 g/mol. The molecule has 0 bridgehead atoms. The highest BCUT2D eigenvalue weighted by atomic mass is 16.1. The molecule has 0 unspecified atom stereocenters. The molecule has 12 heavy (non-hydrogen) atoms. The second-order valence-electron chi connectivity index (χ2n) is 1.97. The number of hydrogen-bond donors (Lipinski definition) is 1. The minimum atomic E-state index is -0.0509. The molecule has 0 saturated carbocycles. The van der Waals surface area contributed by atoms with E-state index >= 15 is 0 Å². The first-order valence-corrected chi connectivity index (χ1v) is 4.49. The quantitative estimate of drug-likeness (QED) is 0.622. The molecule has 0 heterocycles.